The van der Waals surface area contributed by atoms with Gasteiger partial charge in [0.1, 0.15) is 5.54 Å². The van der Waals surface area contributed by atoms with Crippen LogP contribution < -0.4 is 10.6 Å². The van der Waals surface area contributed by atoms with E-state index in [0.717, 1.165) is 10.5 Å². The highest BCUT2D eigenvalue weighted by molar-refractivity contribution is 6.11. The van der Waals surface area contributed by atoms with Gasteiger partial charge in [0.15, 0.2) is 5.78 Å². The first-order valence-corrected chi connectivity index (χ1v) is 9.39. The standard InChI is InChI=1S/C22H23N3O4/c1-4-19(27)23-17-11-7-15(8-12-17)18(26)13-25-20(28)22(3,24-21(25)29)16-9-5-14(2)6-10-16/h5-12H,4,13H2,1-3H3,(H,23,27)(H,24,29). The molecule has 4 amide bonds. The minimum absolute atomic E-state index is 0.126. The zero-order valence-electron chi connectivity index (χ0n) is 16.6. The summed E-state index contributed by atoms with van der Waals surface area (Å²) in [5.41, 5.74) is 1.42. The molecular weight excluding hydrogens is 370 g/mol. The maximum atomic E-state index is 12.9. The third kappa shape index (κ3) is 4.03. The molecule has 1 saturated heterocycles. The monoisotopic (exact) mass is 393 g/mol. The first-order valence-electron chi connectivity index (χ1n) is 9.39. The molecule has 7 nitrogen and oxygen atoms in total. The lowest BCUT2D eigenvalue weighted by Crippen LogP contribution is -2.41. The second kappa shape index (κ2) is 7.87. The van der Waals surface area contributed by atoms with E-state index in [2.05, 4.69) is 10.6 Å². The average Bonchev–Trinajstić information content (AvgIpc) is 2.92. The van der Waals surface area contributed by atoms with Gasteiger partial charge < -0.3 is 10.6 Å². The van der Waals surface area contributed by atoms with E-state index in [1.807, 2.05) is 19.1 Å². The van der Waals surface area contributed by atoms with E-state index < -0.39 is 17.5 Å². The van der Waals surface area contributed by atoms with Crippen molar-refractivity contribution in [1.82, 2.24) is 10.2 Å². The molecule has 0 saturated carbocycles. The summed E-state index contributed by atoms with van der Waals surface area (Å²) in [6.07, 6.45) is 0.354. The summed E-state index contributed by atoms with van der Waals surface area (Å²) in [7, 11) is 0. The summed E-state index contributed by atoms with van der Waals surface area (Å²) < 4.78 is 0. The quantitative estimate of drug-likeness (QED) is 0.583. The summed E-state index contributed by atoms with van der Waals surface area (Å²) in [4.78, 5) is 50.3. The smallest absolute Gasteiger partial charge is 0.325 e. The number of aryl methyl sites for hydroxylation is 1. The van der Waals surface area contributed by atoms with Crippen LogP contribution in [0.2, 0.25) is 0 Å². The topological polar surface area (TPSA) is 95.6 Å². The lowest BCUT2D eigenvalue weighted by molar-refractivity contribution is -0.130. The Labute approximate surface area is 169 Å². The number of carbonyl (C=O) groups is 4. The summed E-state index contributed by atoms with van der Waals surface area (Å²) in [6.45, 7) is 4.96. The largest absolute Gasteiger partial charge is 0.326 e. The zero-order valence-corrected chi connectivity index (χ0v) is 16.6. The molecule has 2 aromatic rings. The number of rotatable bonds is 6. The molecule has 2 N–H and O–H groups in total. The Balaban J connectivity index is 1.73. The number of anilines is 1. The minimum atomic E-state index is -1.21. The van der Waals surface area contributed by atoms with Crippen molar-refractivity contribution in [3.63, 3.8) is 0 Å². The number of ketones is 1. The van der Waals surface area contributed by atoms with Crippen LogP contribution in [0.5, 0.6) is 0 Å². The van der Waals surface area contributed by atoms with Gasteiger partial charge in [-0.25, -0.2) is 4.79 Å². The van der Waals surface area contributed by atoms with E-state index in [4.69, 9.17) is 0 Å². The Hall–Kier alpha value is -3.48. The van der Waals surface area contributed by atoms with Crippen molar-refractivity contribution in [2.75, 3.05) is 11.9 Å². The highest BCUT2D eigenvalue weighted by atomic mass is 16.2. The molecule has 1 aliphatic rings. The van der Waals surface area contributed by atoms with Gasteiger partial charge in [-0.15, -0.1) is 0 Å². The Morgan fingerprint density at radius 3 is 2.24 bits per heavy atom. The number of imide groups is 1. The van der Waals surface area contributed by atoms with E-state index in [0.29, 0.717) is 23.2 Å². The molecule has 0 spiro atoms. The van der Waals surface area contributed by atoms with Gasteiger partial charge >= 0.3 is 6.03 Å². The fourth-order valence-electron chi connectivity index (χ4n) is 3.15. The van der Waals surface area contributed by atoms with Crippen molar-refractivity contribution in [1.29, 1.82) is 0 Å². The predicted molar refractivity (Wildman–Crippen MR) is 108 cm³/mol. The molecule has 0 bridgehead atoms. The summed E-state index contributed by atoms with van der Waals surface area (Å²) in [5.74, 6) is -0.958. The molecule has 7 heteroatoms. The lowest BCUT2D eigenvalue weighted by Gasteiger charge is -2.22. The van der Waals surface area contributed by atoms with Crippen LogP contribution in [0.1, 0.15) is 41.8 Å². The Morgan fingerprint density at radius 2 is 1.66 bits per heavy atom. The van der Waals surface area contributed by atoms with Gasteiger partial charge in [-0.3, -0.25) is 19.3 Å². The molecule has 1 heterocycles. The molecule has 1 aliphatic heterocycles. The SMILES string of the molecule is CCC(=O)Nc1ccc(C(=O)CN2C(=O)NC(C)(c3ccc(C)cc3)C2=O)cc1. The molecule has 1 atom stereocenters. The number of hydrogen-bond donors (Lipinski definition) is 2. The van der Waals surface area contributed by atoms with Crippen LogP contribution in [0, 0.1) is 6.92 Å². The molecule has 0 radical (unpaired) electrons. The van der Waals surface area contributed by atoms with E-state index in [1.165, 1.54) is 0 Å². The van der Waals surface area contributed by atoms with Gasteiger partial charge in [-0.05, 0) is 43.7 Å². The number of carbonyl (C=O) groups excluding carboxylic acids is 4. The van der Waals surface area contributed by atoms with Gasteiger partial charge in [0.05, 0.1) is 6.54 Å². The Morgan fingerprint density at radius 1 is 1.03 bits per heavy atom. The highest BCUT2D eigenvalue weighted by Crippen LogP contribution is 2.29. The third-order valence-electron chi connectivity index (χ3n) is 5.02. The van der Waals surface area contributed by atoms with E-state index in [-0.39, 0.29) is 18.2 Å². The van der Waals surface area contributed by atoms with Crippen molar-refractivity contribution in [3.05, 3.63) is 65.2 Å². The summed E-state index contributed by atoms with van der Waals surface area (Å²) in [5, 5.41) is 5.40. The van der Waals surface area contributed by atoms with Crippen molar-refractivity contribution < 1.29 is 19.2 Å². The number of amides is 4. The molecule has 2 aromatic carbocycles. The molecule has 3 rings (SSSR count). The van der Waals surface area contributed by atoms with Crippen molar-refractivity contribution in [3.8, 4) is 0 Å². The molecule has 29 heavy (non-hydrogen) atoms. The van der Waals surface area contributed by atoms with Gasteiger partial charge in [-0.1, -0.05) is 36.8 Å². The van der Waals surface area contributed by atoms with Gasteiger partial charge in [-0.2, -0.15) is 0 Å². The maximum Gasteiger partial charge on any atom is 0.325 e. The van der Waals surface area contributed by atoms with E-state index in [9.17, 15) is 19.2 Å². The van der Waals surface area contributed by atoms with Crippen molar-refractivity contribution >= 4 is 29.3 Å². The predicted octanol–water partition coefficient (Wildman–Crippen LogP) is 2.99. The van der Waals surface area contributed by atoms with E-state index in [1.54, 1.807) is 50.2 Å². The third-order valence-corrected chi connectivity index (χ3v) is 5.02. The normalized spacial score (nSPS) is 18.5. The van der Waals surface area contributed by atoms with Crippen LogP contribution in [0.3, 0.4) is 0 Å². The van der Waals surface area contributed by atoms with Crippen LogP contribution in [0.15, 0.2) is 48.5 Å². The van der Waals surface area contributed by atoms with Crippen molar-refractivity contribution in [2.45, 2.75) is 32.7 Å². The number of hydrogen-bond acceptors (Lipinski definition) is 4. The van der Waals surface area contributed by atoms with Crippen LogP contribution in [0.4, 0.5) is 10.5 Å². The molecule has 1 fully saturated rings. The summed E-state index contributed by atoms with van der Waals surface area (Å²) >= 11 is 0. The first kappa shape index (κ1) is 20.3. The average molecular weight is 393 g/mol. The zero-order chi connectivity index (χ0) is 21.2. The number of nitrogens with zero attached hydrogens (tertiary/aromatic N) is 1. The molecular formula is C22H23N3O4. The van der Waals surface area contributed by atoms with E-state index >= 15 is 0 Å². The molecule has 0 aromatic heterocycles. The van der Waals surface area contributed by atoms with Crippen LogP contribution in [0.25, 0.3) is 0 Å². The minimum Gasteiger partial charge on any atom is -0.326 e. The lowest BCUT2D eigenvalue weighted by atomic mass is 9.91. The first-order chi connectivity index (χ1) is 13.7. The van der Waals surface area contributed by atoms with Crippen molar-refractivity contribution in [2.24, 2.45) is 0 Å². The summed E-state index contributed by atoms with van der Waals surface area (Å²) in [6, 6.07) is 13.1. The van der Waals surface area contributed by atoms with Gasteiger partial charge in [0.2, 0.25) is 5.91 Å². The number of benzene rings is 2. The second-order valence-electron chi connectivity index (χ2n) is 7.21. The Bertz CT molecular complexity index is 967. The number of Topliss-reactive ketones (excluding diaryl/α,β-unsaturated/α-hetero) is 1. The second-order valence-corrected chi connectivity index (χ2v) is 7.21. The fraction of sp³-hybridized carbons (Fsp3) is 0.273. The number of nitrogens with one attached hydrogen (secondary N) is 2. The Kier molecular flexibility index (Phi) is 5.50. The van der Waals surface area contributed by atoms with Crippen LogP contribution in [-0.2, 0) is 15.1 Å². The highest BCUT2D eigenvalue weighted by Gasteiger charge is 2.49. The number of urea groups is 1. The van der Waals surface area contributed by atoms with Gasteiger partial charge in [0.25, 0.3) is 5.91 Å². The maximum absolute atomic E-state index is 12.9. The van der Waals surface area contributed by atoms with Crippen LogP contribution >= 0.6 is 0 Å². The fourth-order valence-corrected chi connectivity index (χ4v) is 3.15. The van der Waals surface area contributed by atoms with Crippen LogP contribution in [-0.4, -0.2) is 35.1 Å². The molecule has 0 aliphatic carbocycles. The molecule has 150 valence electrons. The molecule has 1 unspecified atom stereocenters. The van der Waals surface area contributed by atoms with Gasteiger partial charge in [0, 0.05) is 17.7 Å².